The van der Waals surface area contributed by atoms with Crippen LogP contribution in [-0.2, 0) is 11.2 Å². The quantitative estimate of drug-likeness (QED) is 0.818. The van der Waals surface area contributed by atoms with Crippen molar-refractivity contribution in [1.82, 2.24) is 0 Å². The Balaban J connectivity index is 1.96. The molecule has 0 spiro atoms. The third kappa shape index (κ3) is 2.58. The Labute approximate surface area is 90.7 Å². The number of carbonyl (C=O) groups is 1. The standard InChI is InChI=1S/C13H17NO/c1-10(15)6-7-11-8-12-4-2-3-5-13(12)14-9-11/h2-5,11,14H,6-9H2,1H3. The highest BCUT2D eigenvalue weighted by molar-refractivity contribution is 5.75. The molecule has 0 bridgehead atoms. The summed E-state index contributed by atoms with van der Waals surface area (Å²) >= 11 is 0. The van der Waals surface area contributed by atoms with Crippen LogP contribution in [-0.4, -0.2) is 12.3 Å². The lowest BCUT2D eigenvalue weighted by atomic mass is 9.90. The van der Waals surface area contributed by atoms with Crippen LogP contribution in [0.25, 0.3) is 0 Å². The van der Waals surface area contributed by atoms with Crippen molar-refractivity contribution >= 4 is 11.5 Å². The lowest BCUT2D eigenvalue weighted by molar-refractivity contribution is -0.117. The second kappa shape index (κ2) is 4.47. The molecule has 1 N–H and O–H groups in total. The van der Waals surface area contributed by atoms with Gasteiger partial charge in [-0.25, -0.2) is 0 Å². The van der Waals surface area contributed by atoms with E-state index in [0.29, 0.717) is 18.1 Å². The van der Waals surface area contributed by atoms with Gasteiger partial charge in [0.25, 0.3) is 0 Å². The average Bonchev–Trinajstić information content (AvgIpc) is 2.26. The Morgan fingerprint density at radius 2 is 2.27 bits per heavy atom. The number of anilines is 1. The fraction of sp³-hybridized carbons (Fsp3) is 0.462. The number of nitrogens with one attached hydrogen (secondary N) is 1. The first-order valence-corrected chi connectivity index (χ1v) is 5.57. The molecule has 1 aliphatic heterocycles. The first-order valence-electron chi connectivity index (χ1n) is 5.57. The van der Waals surface area contributed by atoms with Gasteiger partial charge in [-0.2, -0.15) is 0 Å². The van der Waals surface area contributed by atoms with Crippen LogP contribution in [0.15, 0.2) is 24.3 Å². The maximum atomic E-state index is 10.9. The second-order valence-corrected chi connectivity index (χ2v) is 4.35. The van der Waals surface area contributed by atoms with E-state index < -0.39 is 0 Å². The topological polar surface area (TPSA) is 29.1 Å². The van der Waals surface area contributed by atoms with Crippen molar-refractivity contribution < 1.29 is 4.79 Å². The van der Waals surface area contributed by atoms with E-state index in [9.17, 15) is 4.79 Å². The van der Waals surface area contributed by atoms with Crippen molar-refractivity contribution in [3.63, 3.8) is 0 Å². The highest BCUT2D eigenvalue weighted by Gasteiger charge is 2.17. The number of fused-ring (bicyclic) bond motifs is 1. The molecule has 1 unspecified atom stereocenters. The molecule has 0 radical (unpaired) electrons. The summed E-state index contributed by atoms with van der Waals surface area (Å²) in [5, 5.41) is 3.43. The average molecular weight is 203 g/mol. The number of rotatable bonds is 3. The van der Waals surface area contributed by atoms with Gasteiger partial charge in [0, 0.05) is 18.7 Å². The Morgan fingerprint density at radius 1 is 1.47 bits per heavy atom. The minimum atomic E-state index is 0.300. The zero-order chi connectivity index (χ0) is 10.7. The second-order valence-electron chi connectivity index (χ2n) is 4.35. The summed E-state index contributed by atoms with van der Waals surface area (Å²) in [4.78, 5) is 10.9. The minimum absolute atomic E-state index is 0.300. The summed E-state index contributed by atoms with van der Waals surface area (Å²) in [5.41, 5.74) is 2.65. The highest BCUT2D eigenvalue weighted by Crippen LogP contribution is 2.26. The Hall–Kier alpha value is -1.31. The summed E-state index contributed by atoms with van der Waals surface area (Å²) in [5.74, 6) is 0.914. The molecule has 1 aromatic rings. The van der Waals surface area contributed by atoms with E-state index in [4.69, 9.17) is 0 Å². The monoisotopic (exact) mass is 203 g/mol. The summed E-state index contributed by atoms with van der Waals surface area (Å²) in [6.45, 7) is 2.68. The van der Waals surface area contributed by atoms with E-state index in [1.807, 2.05) is 0 Å². The van der Waals surface area contributed by atoms with Gasteiger partial charge >= 0.3 is 0 Å². The van der Waals surface area contributed by atoms with E-state index in [-0.39, 0.29) is 0 Å². The highest BCUT2D eigenvalue weighted by atomic mass is 16.1. The lowest BCUT2D eigenvalue weighted by Gasteiger charge is -2.25. The van der Waals surface area contributed by atoms with Gasteiger partial charge in [-0.3, -0.25) is 0 Å². The number of carbonyl (C=O) groups excluding carboxylic acids is 1. The number of ketones is 1. The molecule has 1 aromatic carbocycles. The molecular weight excluding hydrogens is 186 g/mol. The summed E-state index contributed by atoms with van der Waals surface area (Å²) in [6.07, 6.45) is 2.83. The van der Waals surface area contributed by atoms with Gasteiger partial charge in [0.2, 0.25) is 0 Å². The third-order valence-electron chi connectivity index (χ3n) is 3.01. The molecule has 2 nitrogen and oxygen atoms in total. The van der Waals surface area contributed by atoms with Crippen molar-refractivity contribution in [2.24, 2.45) is 5.92 Å². The van der Waals surface area contributed by atoms with Gasteiger partial charge in [0.15, 0.2) is 0 Å². The van der Waals surface area contributed by atoms with Crippen molar-refractivity contribution in [3.8, 4) is 0 Å². The molecule has 2 heteroatoms. The largest absolute Gasteiger partial charge is 0.385 e. The van der Waals surface area contributed by atoms with Crippen LogP contribution in [0.3, 0.4) is 0 Å². The SMILES string of the molecule is CC(=O)CCC1CNc2ccccc2C1. The van der Waals surface area contributed by atoms with Crippen LogP contribution in [0, 0.1) is 5.92 Å². The van der Waals surface area contributed by atoms with Crippen molar-refractivity contribution in [3.05, 3.63) is 29.8 Å². The predicted molar refractivity (Wildman–Crippen MR) is 62.0 cm³/mol. The number of para-hydroxylation sites is 1. The molecule has 0 aromatic heterocycles. The number of hydrogen-bond acceptors (Lipinski definition) is 2. The summed E-state index contributed by atoms with van der Waals surface area (Å²) < 4.78 is 0. The van der Waals surface area contributed by atoms with E-state index >= 15 is 0 Å². The Bertz CT molecular complexity index is 359. The number of Topliss-reactive ketones (excluding diaryl/α,β-unsaturated/α-hetero) is 1. The molecule has 0 amide bonds. The fourth-order valence-corrected chi connectivity index (χ4v) is 2.12. The minimum Gasteiger partial charge on any atom is -0.385 e. The van der Waals surface area contributed by atoms with Crippen LogP contribution < -0.4 is 5.32 Å². The predicted octanol–water partition coefficient (Wildman–Crippen LogP) is 2.64. The molecule has 1 aliphatic rings. The maximum absolute atomic E-state index is 10.9. The van der Waals surface area contributed by atoms with Gasteiger partial charge in [0.05, 0.1) is 0 Å². The molecule has 0 saturated carbocycles. The Morgan fingerprint density at radius 3 is 3.07 bits per heavy atom. The van der Waals surface area contributed by atoms with Gasteiger partial charge in [0.1, 0.15) is 5.78 Å². The molecule has 0 fully saturated rings. The fourth-order valence-electron chi connectivity index (χ4n) is 2.12. The van der Waals surface area contributed by atoms with Crippen molar-refractivity contribution in [2.75, 3.05) is 11.9 Å². The smallest absolute Gasteiger partial charge is 0.129 e. The molecule has 2 rings (SSSR count). The molecule has 80 valence electrons. The Kier molecular flexibility index (Phi) is 3.05. The van der Waals surface area contributed by atoms with Crippen molar-refractivity contribution in [1.29, 1.82) is 0 Å². The maximum Gasteiger partial charge on any atom is 0.129 e. The van der Waals surface area contributed by atoms with Crippen LogP contribution in [0.1, 0.15) is 25.3 Å². The molecule has 0 saturated heterocycles. The van der Waals surface area contributed by atoms with Crippen LogP contribution in [0.4, 0.5) is 5.69 Å². The lowest BCUT2D eigenvalue weighted by Crippen LogP contribution is -2.23. The van der Waals surface area contributed by atoms with Crippen molar-refractivity contribution in [2.45, 2.75) is 26.2 Å². The molecule has 15 heavy (non-hydrogen) atoms. The van der Waals surface area contributed by atoms with E-state index in [1.54, 1.807) is 6.92 Å². The first kappa shape index (κ1) is 10.2. The van der Waals surface area contributed by atoms with E-state index in [1.165, 1.54) is 11.3 Å². The molecule has 0 aliphatic carbocycles. The van der Waals surface area contributed by atoms with Gasteiger partial charge < -0.3 is 10.1 Å². The number of benzene rings is 1. The zero-order valence-electron chi connectivity index (χ0n) is 9.12. The molecular formula is C13H17NO. The molecule has 1 heterocycles. The molecule has 1 atom stereocenters. The zero-order valence-corrected chi connectivity index (χ0v) is 9.12. The van der Waals surface area contributed by atoms with E-state index in [2.05, 4.69) is 29.6 Å². The summed E-state index contributed by atoms with van der Waals surface area (Å²) in [6, 6.07) is 8.42. The van der Waals surface area contributed by atoms with Crippen LogP contribution >= 0.6 is 0 Å². The first-order chi connectivity index (χ1) is 7.25. The van der Waals surface area contributed by atoms with Gasteiger partial charge in [-0.1, -0.05) is 18.2 Å². The number of hydrogen-bond donors (Lipinski definition) is 1. The van der Waals surface area contributed by atoms with Crippen LogP contribution in [0.2, 0.25) is 0 Å². The summed E-state index contributed by atoms with van der Waals surface area (Å²) in [7, 11) is 0. The van der Waals surface area contributed by atoms with Gasteiger partial charge in [-0.15, -0.1) is 0 Å². The normalized spacial score (nSPS) is 19.1. The van der Waals surface area contributed by atoms with E-state index in [0.717, 1.165) is 19.4 Å². The third-order valence-corrected chi connectivity index (χ3v) is 3.01. The van der Waals surface area contributed by atoms with Crippen LogP contribution in [0.5, 0.6) is 0 Å². The van der Waals surface area contributed by atoms with Gasteiger partial charge in [-0.05, 0) is 37.3 Å².